The number of halogens is 2. The highest BCUT2D eigenvalue weighted by molar-refractivity contribution is 5.98. The molecular formula is C17H14F2N8O. The number of fused-ring (bicyclic) bond motifs is 1. The second-order valence-electron chi connectivity index (χ2n) is 5.61. The Bertz CT molecular complexity index is 1070. The SMILES string of the molecule is CCOc1c(F)ccc(C2N=C(NC#N)Nc3nc(N)c(C#N)c(N)c32)c1F. The molecule has 1 unspecified atom stereocenters. The molecule has 3 rings (SSSR count). The van der Waals surface area contributed by atoms with E-state index in [1.165, 1.54) is 6.07 Å². The Balaban J connectivity index is 2.28. The minimum Gasteiger partial charge on any atom is -0.488 e. The van der Waals surface area contributed by atoms with Crippen molar-refractivity contribution in [3.63, 3.8) is 0 Å². The van der Waals surface area contributed by atoms with Crippen LogP contribution in [0.2, 0.25) is 0 Å². The van der Waals surface area contributed by atoms with Crippen LogP contribution in [-0.4, -0.2) is 17.6 Å². The van der Waals surface area contributed by atoms with Crippen molar-refractivity contribution >= 4 is 23.3 Å². The van der Waals surface area contributed by atoms with Crippen molar-refractivity contribution in [1.82, 2.24) is 10.3 Å². The number of aromatic nitrogens is 1. The molecule has 0 fully saturated rings. The average molecular weight is 384 g/mol. The number of nitrogen functional groups attached to an aromatic ring is 2. The van der Waals surface area contributed by atoms with E-state index in [0.717, 1.165) is 6.07 Å². The maximum absolute atomic E-state index is 15.0. The summed E-state index contributed by atoms with van der Waals surface area (Å²) in [6.07, 6.45) is 1.68. The largest absolute Gasteiger partial charge is 0.488 e. The summed E-state index contributed by atoms with van der Waals surface area (Å²) in [4.78, 5) is 8.29. The summed E-state index contributed by atoms with van der Waals surface area (Å²) in [5.41, 5.74) is 11.8. The summed E-state index contributed by atoms with van der Waals surface area (Å²) >= 11 is 0. The van der Waals surface area contributed by atoms with Gasteiger partial charge in [0.05, 0.1) is 12.3 Å². The maximum atomic E-state index is 15.0. The molecule has 1 aliphatic heterocycles. The van der Waals surface area contributed by atoms with Gasteiger partial charge in [0.1, 0.15) is 29.3 Å². The molecule has 1 aliphatic rings. The van der Waals surface area contributed by atoms with Gasteiger partial charge in [-0.25, -0.2) is 18.8 Å². The van der Waals surface area contributed by atoms with E-state index in [-0.39, 0.29) is 46.6 Å². The Hall–Kier alpha value is -4.12. The molecule has 1 aromatic carbocycles. The quantitative estimate of drug-likeness (QED) is 0.460. The van der Waals surface area contributed by atoms with Crippen LogP contribution in [0.1, 0.15) is 29.7 Å². The number of guanidine groups is 1. The van der Waals surface area contributed by atoms with Gasteiger partial charge in [0, 0.05) is 11.1 Å². The third-order valence-electron chi connectivity index (χ3n) is 4.02. The number of aliphatic imine (C=N–C) groups is 1. The van der Waals surface area contributed by atoms with E-state index in [0.29, 0.717) is 0 Å². The first-order valence-electron chi connectivity index (χ1n) is 8.02. The average Bonchev–Trinajstić information content (AvgIpc) is 2.65. The molecule has 2 aromatic rings. The first-order chi connectivity index (χ1) is 13.4. The Morgan fingerprint density at radius 1 is 1.32 bits per heavy atom. The number of anilines is 3. The molecule has 0 saturated carbocycles. The molecule has 1 atom stereocenters. The number of benzene rings is 1. The lowest BCUT2D eigenvalue weighted by Crippen LogP contribution is -2.33. The first-order valence-corrected chi connectivity index (χ1v) is 8.02. The maximum Gasteiger partial charge on any atom is 0.211 e. The molecule has 0 spiro atoms. The molecule has 0 aliphatic carbocycles. The minimum absolute atomic E-state index is 0.0438. The highest BCUT2D eigenvalue weighted by Crippen LogP contribution is 2.42. The molecule has 0 saturated heterocycles. The van der Waals surface area contributed by atoms with Crippen LogP contribution in [0.4, 0.5) is 26.1 Å². The molecule has 0 amide bonds. The van der Waals surface area contributed by atoms with Gasteiger partial charge in [-0.05, 0) is 13.0 Å². The third kappa shape index (κ3) is 2.95. The number of nitrogens with one attached hydrogen (secondary N) is 2. The predicted molar refractivity (Wildman–Crippen MR) is 97.0 cm³/mol. The lowest BCUT2D eigenvalue weighted by molar-refractivity contribution is 0.301. The number of ether oxygens (including phenoxy) is 1. The Labute approximate surface area is 158 Å². The van der Waals surface area contributed by atoms with Gasteiger partial charge >= 0.3 is 0 Å². The molecule has 9 nitrogen and oxygen atoms in total. The van der Waals surface area contributed by atoms with Crippen LogP contribution < -0.4 is 26.8 Å². The summed E-state index contributed by atoms with van der Waals surface area (Å²) in [5, 5.41) is 23.2. The fourth-order valence-corrected chi connectivity index (χ4v) is 2.84. The molecule has 11 heteroatoms. The van der Waals surface area contributed by atoms with E-state index >= 15 is 4.39 Å². The van der Waals surface area contributed by atoms with Gasteiger partial charge in [-0.3, -0.25) is 5.32 Å². The van der Waals surface area contributed by atoms with E-state index in [4.69, 9.17) is 21.5 Å². The second-order valence-corrected chi connectivity index (χ2v) is 5.61. The van der Waals surface area contributed by atoms with Gasteiger partial charge in [0.25, 0.3) is 0 Å². The van der Waals surface area contributed by atoms with E-state index < -0.39 is 23.4 Å². The Morgan fingerprint density at radius 2 is 2.07 bits per heavy atom. The van der Waals surface area contributed by atoms with E-state index in [2.05, 4.69) is 20.6 Å². The standard InChI is InChI=1S/C17H14F2N8O/c1-2-28-14-9(18)4-3-7(11(14)19)13-10-12(22)8(5-20)15(23)26-16(10)27-17(25-13)24-6-21/h3-4,13H,2H2,1H3,(H6,22,23,24,25,26,27). The van der Waals surface area contributed by atoms with Gasteiger partial charge in [-0.1, -0.05) is 6.07 Å². The van der Waals surface area contributed by atoms with Crippen molar-refractivity contribution in [2.45, 2.75) is 13.0 Å². The molecule has 0 bridgehead atoms. The first kappa shape index (κ1) is 18.7. The van der Waals surface area contributed by atoms with Gasteiger partial charge < -0.3 is 21.5 Å². The van der Waals surface area contributed by atoms with Crippen molar-refractivity contribution in [3.8, 4) is 18.0 Å². The summed E-state index contributed by atoms with van der Waals surface area (Å²) < 4.78 is 34.0. The van der Waals surface area contributed by atoms with Gasteiger partial charge in [-0.2, -0.15) is 10.5 Å². The lowest BCUT2D eigenvalue weighted by atomic mass is 9.94. The third-order valence-corrected chi connectivity index (χ3v) is 4.02. The number of pyridine rings is 1. The summed E-state index contributed by atoms with van der Waals surface area (Å²) in [5.74, 6) is -2.51. The van der Waals surface area contributed by atoms with Crippen LogP contribution in [0.25, 0.3) is 0 Å². The van der Waals surface area contributed by atoms with Crippen LogP contribution in [0, 0.1) is 34.4 Å². The number of hydrogen-bond acceptors (Lipinski definition) is 9. The highest BCUT2D eigenvalue weighted by atomic mass is 19.1. The molecule has 0 radical (unpaired) electrons. The topological polar surface area (TPSA) is 158 Å². The van der Waals surface area contributed by atoms with Crippen LogP contribution >= 0.6 is 0 Å². The van der Waals surface area contributed by atoms with E-state index in [1.54, 1.807) is 13.1 Å². The van der Waals surface area contributed by atoms with Crippen molar-refractivity contribution in [3.05, 3.63) is 40.5 Å². The zero-order chi connectivity index (χ0) is 20.4. The minimum atomic E-state index is -1.13. The highest BCUT2D eigenvalue weighted by Gasteiger charge is 2.32. The lowest BCUT2D eigenvalue weighted by Gasteiger charge is -2.26. The number of rotatable bonds is 3. The Kier molecular flexibility index (Phi) is 4.83. The number of hydrogen-bond donors (Lipinski definition) is 4. The van der Waals surface area contributed by atoms with Crippen molar-refractivity contribution in [2.75, 3.05) is 23.4 Å². The fraction of sp³-hybridized carbons (Fsp3) is 0.176. The van der Waals surface area contributed by atoms with Gasteiger partial charge in [-0.15, -0.1) is 0 Å². The second kappa shape index (κ2) is 7.25. The van der Waals surface area contributed by atoms with Crippen molar-refractivity contribution in [1.29, 1.82) is 10.5 Å². The number of nitrogens with two attached hydrogens (primary N) is 2. The zero-order valence-electron chi connectivity index (χ0n) is 14.5. The van der Waals surface area contributed by atoms with Crippen LogP contribution in [0.3, 0.4) is 0 Å². The van der Waals surface area contributed by atoms with E-state index in [1.807, 2.05) is 6.07 Å². The Morgan fingerprint density at radius 3 is 2.71 bits per heavy atom. The monoisotopic (exact) mass is 384 g/mol. The molecule has 2 heterocycles. The van der Waals surface area contributed by atoms with Crippen LogP contribution in [-0.2, 0) is 0 Å². The van der Waals surface area contributed by atoms with Gasteiger partial charge in [0.15, 0.2) is 23.6 Å². The van der Waals surface area contributed by atoms with Crippen LogP contribution in [0.5, 0.6) is 5.75 Å². The fourth-order valence-electron chi connectivity index (χ4n) is 2.84. The normalized spacial score (nSPS) is 14.8. The van der Waals surface area contributed by atoms with E-state index in [9.17, 15) is 9.65 Å². The number of nitriles is 2. The molecule has 1 aromatic heterocycles. The number of nitrogens with zero attached hydrogens (tertiary/aromatic N) is 4. The molecule has 28 heavy (non-hydrogen) atoms. The van der Waals surface area contributed by atoms with Crippen molar-refractivity contribution < 1.29 is 13.5 Å². The smallest absolute Gasteiger partial charge is 0.211 e. The summed E-state index contributed by atoms with van der Waals surface area (Å²) in [6.45, 7) is 1.63. The van der Waals surface area contributed by atoms with Crippen LogP contribution in [0.15, 0.2) is 17.1 Å². The molecular weight excluding hydrogens is 370 g/mol. The predicted octanol–water partition coefficient (Wildman–Crippen LogP) is 1.74. The van der Waals surface area contributed by atoms with Gasteiger partial charge in [0.2, 0.25) is 5.96 Å². The summed E-state index contributed by atoms with van der Waals surface area (Å²) in [7, 11) is 0. The summed E-state index contributed by atoms with van der Waals surface area (Å²) in [6, 6.07) is 2.92. The molecule has 142 valence electrons. The zero-order valence-corrected chi connectivity index (χ0v) is 14.5. The van der Waals surface area contributed by atoms with Crippen molar-refractivity contribution in [2.24, 2.45) is 4.99 Å². The molecule has 6 N–H and O–H groups in total.